The molecule has 1 aromatic rings. The topological polar surface area (TPSA) is 83.9 Å². The number of hydrogen-bond acceptors (Lipinski definition) is 3. The second kappa shape index (κ2) is 3.71. The largest absolute Gasteiger partial charge is 0.366 e. The fourth-order valence-electron chi connectivity index (χ4n) is 1.27. The zero-order valence-electron chi connectivity index (χ0n) is 7.57. The van der Waals surface area contributed by atoms with E-state index in [0.717, 1.165) is 5.56 Å². The van der Waals surface area contributed by atoms with Gasteiger partial charge >= 0.3 is 0 Å². The molecule has 2 N–H and O–H groups in total. The Labute approximate surface area is 80.9 Å². The summed E-state index contributed by atoms with van der Waals surface area (Å²) in [6.07, 6.45) is 0.522. The third kappa shape index (κ3) is 1.62. The molecule has 0 radical (unpaired) electrons. The molecule has 1 aromatic carbocycles. The normalized spacial score (nSPS) is 9.14. The minimum Gasteiger partial charge on any atom is -0.366 e. The van der Waals surface area contributed by atoms with Gasteiger partial charge in [0.15, 0.2) is 6.29 Å². The minimum atomic E-state index is -0.761. The van der Waals surface area contributed by atoms with Crippen LogP contribution in [-0.2, 0) is 0 Å². The van der Waals surface area contributed by atoms with Crippen molar-refractivity contribution in [1.82, 2.24) is 0 Å². The molecule has 0 atom stereocenters. The number of benzene rings is 1. The maximum absolute atomic E-state index is 11.0. The first-order valence-electron chi connectivity index (χ1n) is 3.90. The molecule has 0 fully saturated rings. The lowest BCUT2D eigenvalue weighted by Crippen LogP contribution is -2.16. The van der Waals surface area contributed by atoms with E-state index in [4.69, 9.17) is 11.0 Å². The van der Waals surface area contributed by atoms with Crippen molar-refractivity contribution in [2.45, 2.75) is 6.92 Å². The van der Waals surface area contributed by atoms with E-state index in [1.54, 1.807) is 6.92 Å². The Hall–Kier alpha value is -2.15. The van der Waals surface area contributed by atoms with Crippen molar-refractivity contribution < 1.29 is 9.59 Å². The number of rotatable bonds is 2. The van der Waals surface area contributed by atoms with Crippen LogP contribution in [0.25, 0.3) is 0 Å². The first kappa shape index (κ1) is 9.93. The quantitative estimate of drug-likeness (QED) is 0.696. The van der Waals surface area contributed by atoms with Gasteiger partial charge in [0.2, 0.25) is 0 Å². The van der Waals surface area contributed by atoms with Crippen molar-refractivity contribution >= 4 is 12.2 Å². The summed E-state index contributed by atoms with van der Waals surface area (Å²) >= 11 is 0. The van der Waals surface area contributed by atoms with Crippen molar-refractivity contribution in [3.63, 3.8) is 0 Å². The Balaban J connectivity index is 3.58. The molecule has 1 amide bonds. The van der Waals surface area contributed by atoms with Crippen molar-refractivity contribution in [3.05, 3.63) is 34.4 Å². The summed E-state index contributed by atoms with van der Waals surface area (Å²) in [5.41, 5.74) is 6.11. The molecule has 0 heterocycles. The van der Waals surface area contributed by atoms with Crippen LogP contribution in [0.4, 0.5) is 0 Å². The second-order valence-corrected chi connectivity index (χ2v) is 2.87. The van der Waals surface area contributed by atoms with Crippen LogP contribution < -0.4 is 5.73 Å². The molecule has 1 rings (SSSR count). The van der Waals surface area contributed by atoms with Gasteiger partial charge in [-0.3, -0.25) is 9.59 Å². The van der Waals surface area contributed by atoms with Crippen LogP contribution in [0.3, 0.4) is 0 Å². The Kier molecular flexibility index (Phi) is 2.63. The Morgan fingerprint density at radius 1 is 1.57 bits per heavy atom. The molecular weight excluding hydrogens is 180 g/mol. The number of hydrogen-bond donors (Lipinski definition) is 1. The molecule has 14 heavy (non-hydrogen) atoms. The highest BCUT2D eigenvalue weighted by atomic mass is 16.1. The van der Waals surface area contributed by atoms with Gasteiger partial charge < -0.3 is 5.73 Å². The summed E-state index contributed by atoms with van der Waals surface area (Å²) < 4.78 is 0. The van der Waals surface area contributed by atoms with Crippen LogP contribution in [0.1, 0.15) is 31.8 Å². The summed E-state index contributed by atoms with van der Waals surface area (Å²) in [4.78, 5) is 21.6. The maximum Gasteiger partial charge on any atom is 0.250 e. The molecule has 0 aliphatic heterocycles. The summed E-state index contributed by atoms with van der Waals surface area (Å²) in [5, 5.41) is 8.74. The van der Waals surface area contributed by atoms with Crippen LogP contribution >= 0.6 is 0 Å². The maximum atomic E-state index is 11.0. The van der Waals surface area contributed by atoms with E-state index in [-0.39, 0.29) is 16.7 Å². The highest BCUT2D eigenvalue weighted by Crippen LogP contribution is 2.15. The zero-order chi connectivity index (χ0) is 10.7. The molecule has 0 saturated heterocycles. The molecule has 4 nitrogen and oxygen atoms in total. The molecular formula is C10H8N2O2. The predicted molar refractivity (Wildman–Crippen MR) is 49.8 cm³/mol. The zero-order valence-corrected chi connectivity index (χ0v) is 7.57. The fourth-order valence-corrected chi connectivity index (χ4v) is 1.27. The smallest absolute Gasteiger partial charge is 0.250 e. The SMILES string of the molecule is Cc1cc(C#N)c(C(N)=O)c(C=O)c1. The lowest BCUT2D eigenvalue weighted by atomic mass is 9.99. The molecule has 0 unspecified atom stereocenters. The van der Waals surface area contributed by atoms with Gasteiger partial charge in [-0.2, -0.15) is 5.26 Å². The molecule has 0 aromatic heterocycles. The van der Waals surface area contributed by atoms with Gasteiger partial charge in [0.1, 0.15) is 0 Å². The lowest BCUT2D eigenvalue weighted by molar-refractivity contribution is 0.0993. The van der Waals surface area contributed by atoms with Crippen LogP contribution in [0, 0.1) is 18.3 Å². The van der Waals surface area contributed by atoms with Gasteiger partial charge in [0.25, 0.3) is 5.91 Å². The summed E-state index contributed by atoms with van der Waals surface area (Å²) in [6.45, 7) is 1.73. The second-order valence-electron chi connectivity index (χ2n) is 2.87. The van der Waals surface area contributed by atoms with Crippen LogP contribution in [0.5, 0.6) is 0 Å². The lowest BCUT2D eigenvalue weighted by Gasteiger charge is -2.04. The number of amides is 1. The average molecular weight is 188 g/mol. The molecule has 0 saturated carbocycles. The number of carbonyl (C=O) groups is 2. The third-order valence-electron chi connectivity index (χ3n) is 1.81. The Morgan fingerprint density at radius 2 is 2.21 bits per heavy atom. The molecule has 4 heteroatoms. The summed E-state index contributed by atoms with van der Waals surface area (Å²) in [6, 6.07) is 4.88. The minimum absolute atomic E-state index is 0.00639. The number of aryl methyl sites for hydroxylation is 1. The molecule has 0 spiro atoms. The van der Waals surface area contributed by atoms with Gasteiger partial charge in [-0.25, -0.2) is 0 Å². The van der Waals surface area contributed by atoms with E-state index in [2.05, 4.69) is 0 Å². The van der Waals surface area contributed by atoms with E-state index < -0.39 is 5.91 Å². The number of primary amides is 1. The predicted octanol–water partition coefficient (Wildman–Crippen LogP) is 0.778. The van der Waals surface area contributed by atoms with Crippen molar-refractivity contribution in [3.8, 4) is 6.07 Å². The average Bonchev–Trinajstić information content (AvgIpc) is 2.15. The van der Waals surface area contributed by atoms with Gasteiger partial charge in [0.05, 0.1) is 17.2 Å². The standard InChI is InChI=1S/C10H8N2O2/c1-6-2-7(4-11)9(10(12)14)8(3-6)5-13/h2-3,5H,1H3,(H2,12,14). The summed E-state index contributed by atoms with van der Waals surface area (Å²) in [7, 11) is 0. The van der Waals surface area contributed by atoms with E-state index in [9.17, 15) is 9.59 Å². The monoisotopic (exact) mass is 188 g/mol. The highest BCUT2D eigenvalue weighted by molar-refractivity contribution is 6.02. The van der Waals surface area contributed by atoms with Gasteiger partial charge in [0, 0.05) is 5.56 Å². The molecule has 0 aliphatic rings. The van der Waals surface area contributed by atoms with Gasteiger partial charge in [-0.05, 0) is 24.6 Å². The Morgan fingerprint density at radius 3 is 2.64 bits per heavy atom. The van der Waals surface area contributed by atoms with E-state index >= 15 is 0 Å². The first-order chi connectivity index (χ1) is 6.60. The molecule has 0 bridgehead atoms. The molecule has 0 aliphatic carbocycles. The van der Waals surface area contributed by atoms with E-state index in [1.807, 2.05) is 6.07 Å². The third-order valence-corrected chi connectivity index (χ3v) is 1.81. The fraction of sp³-hybridized carbons (Fsp3) is 0.100. The van der Waals surface area contributed by atoms with Crippen LogP contribution in [-0.4, -0.2) is 12.2 Å². The van der Waals surface area contributed by atoms with Gasteiger partial charge in [-0.15, -0.1) is 0 Å². The summed E-state index contributed by atoms with van der Waals surface area (Å²) in [5.74, 6) is -0.761. The van der Waals surface area contributed by atoms with Crippen molar-refractivity contribution in [1.29, 1.82) is 5.26 Å². The van der Waals surface area contributed by atoms with Crippen LogP contribution in [0.15, 0.2) is 12.1 Å². The number of nitriles is 1. The van der Waals surface area contributed by atoms with Crippen molar-refractivity contribution in [2.24, 2.45) is 5.73 Å². The first-order valence-corrected chi connectivity index (χ1v) is 3.90. The van der Waals surface area contributed by atoms with E-state index in [0.29, 0.717) is 6.29 Å². The number of nitrogens with two attached hydrogens (primary N) is 1. The Bertz CT molecular complexity index is 444. The van der Waals surface area contributed by atoms with Crippen molar-refractivity contribution in [2.75, 3.05) is 0 Å². The molecule has 70 valence electrons. The van der Waals surface area contributed by atoms with Gasteiger partial charge in [-0.1, -0.05) is 0 Å². The number of carbonyl (C=O) groups excluding carboxylic acids is 2. The van der Waals surface area contributed by atoms with E-state index in [1.165, 1.54) is 12.1 Å². The highest BCUT2D eigenvalue weighted by Gasteiger charge is 2.13. The van der Waals surface area contributed by atoms with Crippen LogP contribution in [0.2, 0.25) is 0 Å². The number of nitrogens with zero attached hydrogens (tertiary/aromatic N) is 1. The number of aldehydes is 1.